The lowest BCUT2D eigenvalue weighted by atomic mass is 10.1. The summed E-state index contributed by atoms with van der Waals surface area (Å²) in [5, 5.41) is 4.36. The van der Waals surface area contributed by atoms with E-state index < -0.39 is 0 Å². The van der Waals surface area contributed by atoms with Crippen LogP contribution in [0.15, 0.2) is 47.0 Å². The minimum atomic E-state index is 0.0465. The zero-order valence-electron chi connectivity index (χ0n) is 16.9. The molecule has 0 saturated carbocycles. The van der Waals surface area contributed by atoms with E-state index in [1.807, 2.05) is 25.1 Å². The van der Waals surface area contributed by atoms with Gasteiger partial charge in [0.25, 0.3) is 0 Å². The number of nitrogens with one attached hydrogen (secondary N) is 2. The summed E-state index contributed by atoms with van der Waals surface area (Å²) in [4.78, 5) is 18.1. The van der Waals surface area contributed by atoms with E-state index in [0.29, 0.717) is 13.0 Å². The Morgan fingerprint density at radius 2 is 2.03 bits per heavy atom. The van der Waals surface area contributed by atoms with Gasteiger partial charge in [-0.3, -0.25) is 9.69 Å². The first-order valence-corrected chi connectivity index (χ1v) is 10.4. The number of furan rings is 1. The highest BCUT2D eigenvalue weighted by atomic mass is 16.5. The fraction of sp³-hybridized carbons (Fsp3) is 0.435. The van der Waals surface area contributed by atoms with Gasteiger partial charge < -0.3 is 19.5 Å². The number of morpholine rings is 1. The molecule has 29 heavy (non-hydrogen) atoms. The van der Waals surface area contributed by atoms with Gasteiger partial charge in [0.15, 0.2) is 0 Å². The molecule has 6 nitrogen and oxygen atoms in total. The summed E-state index contributed by atoms with van der Waals surface area (Å²) in [7, 11) is 0. The molecule has 2 aromatic heterocycles. The number of para-hydroxylation sites is 1. The molecule has 1 fully saturated rings. The van der Waals surface area contributed by atoms with Crippen molar-refractivity contribution in [3.05, 3.63) is 59.7 Å². The van der Waals surface area contributed by atoms with E-state index in [-0.39, 0.29) is 11.9 Å². The van der Waals surface area contributed by atoms with Crippen molar-refractivity contribution in [3.8, 4) is 0 Å². The van der Waals surface area contributed by atoms with Crippen LogP contribution in [0, 0.1) is 6.92 Å². The average molecular weight is 396 g/mol. The van der Waals surface area contributed by atoms with Gasteiger partial charge in [-0.05, 0) is 43.5 Å². The maximum atomic E-state index is 12.5. The number of fused-ring (bicyclic) bond motifs is 1. The molecule has 1 amide bonds. The number of nitrogens with zero attached hydrogens (tertiary/aromatic N) is 1. The van der Waals surface area contributed by atoms with Gasteiger partial charge in [-0.1, -0.05) is 18.2 Å². The zero-order chi connectivity index (χ0) is 20.1. The van der Waals surface area contributed by atoms with E-state index in [4.69, 9.17) is 9.15 Å². The molecule has 154 valence electrons. The van der Waals surface area contributed by atoms with E-state index in [0.717, 1.165) is 56.2 Å². The Balaban J connectivity index is 1.29. The number of rotatable bonds is 8. The van der Waals surface area contributed by atoms with Gasteiger partial charge in [-0.15, -0.1) is 0 Å². The molecular weight excluding hydrogens is 366 g/mol. The lowest BCUT2D eigenvalue weighted by Gasteiger charge is -2.33. The molecule has 0 aliphatic carbocycles. The number of carbonyl (C=O) groups excluding carboxylic acids is 1. The number of benzene rings is 1. The summed E-state index contributed by atoms with van der Waals surface area (Å²) in [5.41, 5.74) is 2.42. The Labute approximate surface area is 171 Å². The summed E-state index contributed by atoms with van der Waals surface area (Å²) < 4.78 is 11.3. The minimum Gasteiger partial charge on any atom is -0.465 e. The third-order valence-corrected chi connectivity index (χ3v) is 5.59. The van der Waals surface area contributed by atoms with E-state index in [9.17, 15) is 4.79 Å². The predicted octanol–water partition coefficient (Wildman–Crippen LogP) is 3.58. The monoisotopic (exact) mass is 395 g/mol. The van der Waals surface area contributed by atoms with E-state index >= 15 is 0 Å². The summed E-state index contributed by atoms with van der Waals surface area (Å²) in [6, 6.07) is 12.3. The lowest BCUT2D eigenvalue weighted by molar-refractivity contribution is -0.121. The van der Waals surface area contributed by atoms with Crippen LogP contribution in [-0.2, 0) is 16.0 Å². The molecule has 0 radical (unpaired) electrons. The molecule has 1 aliphatic heterocycles. The molecular formula is C23H29N3O3. The van der Waals surface area contributed by atoms with Crippen LogP contribution in [0.2, 0.25) is 0 Å². The van der Waals surface area contributed by atoms with E-state index in [2.05, 4.69) is 39.6 Å². The first-order valence-electron chi connectivity index (χ1n) is 10.4. The Bertz CT molecular complexity index is 940. The molecule has 2 N–H and O–H groups in total. The van der Waals surface area contributed by atoms with Gasteiger partial charge >= 0.3 is 0 Å². The van der Waals surface area contributed by atoms with Crippen molar-refractivity contribution in [1.29, 1.82) is 0 Å². The second kappa shape index (κ2) is 9.29. The highest BCUT2D eigenvalue weighted by Crippen LogP contribution is 2.23. The number of aromatic nitrogens is 1. The smallest absolute Gasteiger partial charge is 0.220 e. The molecule has 0 unspecified atom stereocenters. The number of hydrogen-bond donors (Lipinski definition) is 2. The largest absolute Gasteiger partial charge is 0.465 e. The van der Waals surface area contributed by atoms with E-state index in [1.54, 1.807) is 0 Å². The number of carbonyl (C=O) groups is 1. The first kappa shape index (κ1) is 19.7. The maximum absolute atomic E-state index is 12.5. The number of ether oxygens (including phenoxy) is 1. The predicted molar refractivity (Wildman–Crippen MR) is 113 cm³/mol. The molecule has 4 rings (SSSR count). The molecule has 3 aromatic rings. The summed E-state index contributed by atoms with van der Waals surface area (Å²) in [6.07, 6.45) is 4.29. The standard InChI is InChI=1S/C23H29N3O3/c1-17-9-10-22(29-17)21(26-11-13-28-14-12-26)16-25-23(27)8-4-5-18-15-24-20-7-3-2-6-19(18)20/h2-3,6-7,9-10,15,21,24H,4-5,8,11-14,16H2,1H3,(H,25,27)/t21-/m1/s1. The van der Waals surface area contributed by atoms with Crippen molar-refractivity contribution in [2.45, 2.75) is 32.2 Å². The Morgan fingerprint density at radius 3 is 2.83 bits per heavy atom. The minimum absolute atomic E-state index is 0.0465. The van der Waals surface area contributed by atoms with Gasteiger partial charge in [0.2, 0.25) is 5.91 Å². The third kappa shape index (κ3) is 4.89. The summed E-state index contributed by atoms with van der Waals surface area (Å²) in [5.74, 6) is 1.89. The van der Waals surface area contributed by atoms with Crippen LogP contribution in [0.3, 0.4) is 0 Å². The van der Waals surface area contributed by atoms with Crippen LogP contribution >= 0.6 is 0 Å². The van der Waals surface area contributed by atoms with Crippen LogP contribution < -0.4 is 5.32 Å². The molecule has 1 aliphatic rings. The van der Waals surface area contributed by atoms with Gasteiger partial charge in [-0.25, -0.2) is 0 Å². The van der Waals surface area contributed by atoms with Gasteiger partial charge in [0.05, 0.1) is 19.3 Å². The van der Waals surface area contributed by atoms with Gasteiger partial charge in [-0.2, -0.15) is 0 Å². The second-order valence-corrected chi connectivity index (χ2v) is 7.63. The van der Waals surface area contributed by atoms with Crippen LogP contribution in [0.5, 0.6) is 0 Å². The fourth-order valence-corrected chi connectivity index (χ4v) is 4.01. The van der Waals surface area contributed by atoms with Crippen LogP contribution in [-0.4, -0.2) is 48.6 Å². The van der Waals surface area contributed by atoms with Crippen molar-refractivity contribution < 1.29 is 13.9 Å². The van der Waals surface area contributed by atoms with Crippen molar-refractivity contribution in [1.82, 2.24) is 15.2 Å². The Hall–Kier alpha value is -2.57. The average Bonchev–Trinajstić information content (AvgIpc) is 3.36. The van der Waals surface area contributed by atoms with Crippen LogP contribution in [0.4, 0.5) is 0 Å². The number of amides is 1. The molecule has 1 saturated heterocycles. The SMILES string of the molecule is Cc1ccc([C@@H](CNC(=O)CCCc2c[nH]c3ccccc23)N2CCOCC2)o1. The molecule has 3 heterocycles. The van der Waals surface area contributed by atoms with Crippen molar-refractivity contribution in [2.75, 3.05) is 32.8 Å². The van der Waals surface area contributed by atoms with Gasteiger partial charge in [0.1, 0.15) is 11.5 Å². The van der Waals surface area contributed by atoms with Crippen molar-refractivity contribution in [3.63, 3.8) is 0 Å². The highest BCUT2D eigenvalue weighted by Gasteiger charge is 2.25. The number of aryl methyl sites for hydroxylation is 2. The molecule has 0 bridgehead atoms. The second-order valence-electron chi connectivity index (χ2n) is 7.63. The lowest BCUT2D eigenvalue weighted by Crippen LogP contribution is -2.43. The Kier molecular flexibility index (Phi) is 6.32. The zero-order valence-corrected chi connectivity index (χ0v) is 16.9. The summed E-state index contributed by atoms with van der Waals surface area (Å²) in [6.45, 7) is 5.63. The van der Waals surface area contributed by atoms with Crippen LogP contribution in [0.25, 0.3) is 10.9 Å². The first-order chi connectivity index (χ1) is 14.2. The molecule has 6 heteroatoms. The fourth-order valence-electron chi connectivity index (χ4n) is 4.01. The number of H-pyrrole nitrogens is 1. The third-order valence-electron chi connectivity index (χ3n) is 5.59. The normalized spacial score (nSPS) is 16.2. The van der Waals surface area contributed by atoms with Gasteiger partial charge in [0, 0.05) is 43.2 Å². The molecule has 1 aromatic carbocycles. The maximum Gasteiger partial charge on any atom is 0.220 e. The van der Waals surface area contributed by atoms with E-state index in [1.165, 1.54) is 10.9 Å². The topological polar surface area (TPSA) is 70.5 Å². The van der Waals surface area contributed by atoms with Crippen molar-refractivity contribution in [2.24, 2.45) is 0 Å². The molecule has 1 atom stereocenters. The number of aromatic amines is 1. The summed E-state index contributed by atoms with van der Waals surface area (Å²) >= 11 is 0. The highest BCUT2D eigenvalue weighted by molar-refractivity contribution is 5.83. The van der Waals surface area contributed by atoms with Crippen molar-refractivity contribution >= 4 is 16.8 Å². The number of hydrogen-bond acceptors (Lipinski definition) is 4. The Morgan fingerprint density at radius 1 is 1.21 bits per heavy atom. The van der Waals surface area contributed by atoms with Crippen LogP contribution in [0.1, 0.15) is 36.0 Å². The quantitative estimate of drug-likeness (QED) is 0.612. The molecule has 0 spiro atoms.